The Morgan fingerprint density at radius 3 is 1.70 bits per heavy atom. The van der Waals surface area contributed by atoms with Crippen molar-refractivity contribution in [3.8, 4) is 33.6 Å². The minimum absolute atomic E-state index is 0.876. The summed E-state index contributed by atoms with van der Waals surface area (Å²) in [5.41, 5.74) is 13.3. The van der Waals surface area contributed by atoms with Crippen molar-refractivity contribution < 1.29 is 4.42 Å². The number of benzene rings is 7. The molecule has 0 bridgehead atoms. The quantitative estimate of drug-likeness (QED) is 0.192. The lowest BCUT2D eigenvalue weighted by Crippen LogP contribution is -2.00. The summed E-state index contributed by atoms with van der Waals surface area (Å²) in [7, 11) is 0. The van der Waals surface area contributed by atoms with E-state index in [1.54, 1.807) is 0 Å². The van der Waals surface area contributed by atoms with Crippen LogP contribution in [0.4, 0.5) is 0 Å². The maximum atomic E-state index is 6.44. The first kappa shape index (κ1) is 26.6. The highest BCUT2D eigenvalue weighted by molar-refractivity contribution is 6.23. The third-order valence-electron chi connectivity index (χ3n) is 9.32. The van der Waals surface area contributed by atoms with Crippen LogP contribution in [0.15, 0.2) is 132 Å². The molecular formula is C43H30N2O. The molecule has 2 aromatic heterocycles. The second-order valence-corrected chi connectivity index (χ2v) is 12.3. The first-order valence-electron chi connectivity index (χ1n) is 15.8. The van der Waals surface area contributed by atoms with Gasteiger partial charge in [-0.3, -0.25) is 0 Å². The maximum absolute atomic E-state index is 6.44. The van der Waals surface area contributed by atoms with Crippen LogP contribution in [0.2, 0.25) is 0 Å². The summed E-state index contributed by atoms with van der Waals surface area (Å²) < 4.78 is 6.44. The molecule has 7 aromatic carbocycles. The number of para-hydroxylation sites is 2. The van der Waals surface area contributed by atoms with Crippen LogP contribution < -0.4 is 0 Å². The van der Waals surface area contributed by atoms with Crippen molar-refractivity contribution in [3.05, 3.63) is 144 Å². The van der Waals surface area contributed by atoms with Crippen LogP contribution in [0.25, 0.3) is 88.2 Å². The van der Waals surface area contributed by atoms with E-state index < -0.39 is 0 Å². The van der Waals surface area contributed by atoms with E-state index in [2.05, 4.69) is 136 Å². The van der Waals surface area contributed by atoms with Gasteiger partial charge in [-0.25, -0.2) is 9.97 Å². The smallest absolute Gasteiger partial charge is 0.143 e. The van der Waals surface area contributed by atoms with Crippen molar-refractivity contribution in [2.75, 3.05) is 0 Å². The minimum atomic E-state index is 0.876. The molecule has 0 spiro atoms. The number of fused-ring (bicyclic) bond motifs is 9. The first-order valence-corrected chi connectivity index (χ1v) is 15.8. The fourth-order valence-electron chi connectivity index (χ4n) is 7.40. The number of aromatic nitrogens is 2. The minimum Gasteiger partial charge on any atom is -0.455 e. The summed E-state index contributed by atoms with van der Waals surface area (Å²) in [6, 6.07) is 44.9. The van der Waals surface area contributed by atoms with Crippen LogP contribution in [0.1, 0.15) is 16.7 Å². The molecule has 0 aliphatic carbocycles. The van der Waals surface area contributed by atoms with E-state index in [-0.39, 0.29) is 0 Å². The van der Waals surface area contributed by atoms with Crippen LogP contribution in [0.3, 0.4) is 0 Å². The number of furan rings is 1. The Hall–Kier alpha value is -5.80. The largest absolute Gasteiger partial charge is 0.455 e. The fraction of sp³-hybridized carbons (Fsp3) is 0.0698. The average Bonchev–Trinajstić information content (AvgIpc) is 3.47. The lowest BCUT2D eigenvalue weighted by Gasteiger charge is -2.18. The molecule has 218 valence electrons. The van der Waals surface area contributed by atoms with E-state index in [9.17, 15) is 0 Å². The zero-order chi connectivity index (χ0) is 30.9. The molecule has 3 heteroatoms. The number of rotatable bonds is 3. The standard InChI is InChI=1S/C43H30N2O/c1-25-22-26(2)38(27(3)23-25)42-39(44-40-34-17-6-4-14-31(34)32-15-5-7-18-35(32)41(40)45-42)29-13-10-12-28(24-29)30-19-11-20-36-33-16-8-9-21-37(33)46-43(30)36/h4-24H,1-3H3. The van der Waals surface area contributed by atoms with E-state index in [0.29, 0.717) is 0 Å². The first-order chi connectivity index (χ1) is 22.5. The highest BCUT2D eigenvalue weighted by Gasteiger charge is 2.21. The highest BCUT2D eigenvalue weighted by atomic mass is 16.3. The van der Waals surface area contributed by atoms with Gasteiger partial charge in [0.15, 0.2) is 0 Å². The molecule has 0 saturated carbocycles. The van der Waals surface area contributed by atoms with E-state index in [1.165, 1.54) is 27.5 Å². The van der Waals surface area contributed by atoms with Crippen molar-refractivity contribution in [1.29, 1.82) is 0 Å². The van der Waals surface area contributed by atoms with E-state index in [0.717, 1.165) is 77.4 Å². The Bertz CT molecular complexity index is 2660. The molecule has 0 unspecified atom stereocenters. The van der Waals surface area contributed by atoms with Crippen LogP contribution in [0.5, 0.6) is 0 Å². The average molecular weight is 591 g/mol. The molecular weight excluding hydrogens is 560 g/mol. The number of hydrogen-bond donors (Lipinski definition) is 0. The Morgan fingerprint density at radius 2 is 1.00 bits per heavy atom. The molecule has 0 N–H and O–H groups in total. The van der Waals surface area contributed by atoms with Gasteiger partial charge >= 0.3 is 0 Å². The summed E-state index contributed by atoms with van der Waals surface area (Å²) in [5, 5.41) is 6.85. The number of aryl methyl sites for hydroxylation is 3. The lowest BCUT2D eigenvalue weighted by atomic mass is 9.92. The zero-order valence-corrected chi connectivity index (χ0v) is 25.9. The van der Waals surface area contributed by atoms with Gasteiger partial charge in [0.05, 0.1) is 22.4 Å². The van der Waals surface area contributed by atoms with Crippen molar-refractivity contribution in [1.82, 2.24) is 9.97 Å². The zero-order valence-electron chi connectivity index (χ0n) is 25.9. The predicted molar refractivity (Wildman–Crippen MR) is 192 cm³/mol. The van der Waals surface area contributed by atoms with Gasteiger partial charge < -0.3 is 4.42 Å². The van der Waals surface area contributed by atoms with Crippen LogP contribution in [-0.4, -0.2) is 9.97 Å². The van der Waals surface area contributed by atoms with Crippen LogP contribution in [0, 0.1) is 20.8 Å². The van der Waals surface area contributed by atoms with Gasteiger partial charge in [-0.1, -0.05) is 121 Å². The normalized spacial score (nSPS) is 11.8. The van der Waals surface area contributed by atoms with Gasteiger partial charge in [0.1, 0.15) is 11.2 Å². The van der Waals surface area contributed by atoms with Crippen molar-refractivity contribution in [2.45, 2.75) is 20.8 Å². The van der Waals surface area contributed by atoms with E-state index >= 15 is 0 Å². The Morgan fingerprint density at radius 1 is 0.457 bits per heavy atom. The summed E-state index contributed by atoms with van der Waals surface area (Å²) >= 11 is 0. The molecule has 0 aliphatic rings. The Labute approximate surface area is 266 Å². The molecule has 0 saturated heterocycles. The van der Waals surface area contributed by atoms with E-state index in [1.807, 2.05) is 12.1 Å². The molecule has 46 heavy (non-hydrogen) atoms. The van der Waals surface area contributed by atoms with Crippen molar-refractivity contribution >= 4 is 54.5 Å². The summed E-state index contributed by atoms with van der Waals surface area (Å²) in [6.07, 6.45) is 0. The lowest BCUT2D eigenvalue weighted by molar-refractivity contribution is 0.670. The van der Waals surface area contributed by atoms with Gasteiger partial charge in [-0.05, 0) is 60.4 Å². The summed E-state index contributed by atoms with van der Waals surface area (Å²) in [6.45, 7) is 6.52. The van der Waals surface area contributed by atoms with Gasteiger partial charge in [-0.2, -0.15) is 0 Å². The van der Waals surface area contributed by atoms with Crippen LogP contribution in [-0.2, 0) is 0 Å². The van der Waals surface area contributed by atoms with Crippen molar-refractivity contribution in [2.24, 2.45) is 0 Å². The molecule has 0 fully saturated rings. The van der Waals surface area contributed by atoms with Gasteiger partial charge in [0, 0.05) is 38.2 Å². The Kier molecular flexibility index (Phi) is 5.85. The molecule has 9 aromatic rings. The number of nitrogens with zero attached hydrogens (tertiary/aromatic N) is 2. The second kappa shape index (κ2) is 10.1. The molecule has 0 radical (unpaired) electrons. The second-order valence-electron chi connectivity index (χ2n) is 12.3. The molecule has 0 atom stereocenters. The fourth-order valence-corrected chi connectivity index (χ4v) is 7.40. The third-order valence-corrected chi connectivity index (χ3v) is 9.32. The monoisotopic (exact) mass is 590 g/mol. The number of hydrogen-bond acceptors (Lipinski definition) is 3. The van der Waals surface area contributed by atoms with Gasteiger partial charge in [0.25, 0.3) is 0 Å². The third kappa shape index (κ3) is 3.98. The molecule has 9 rings (SSSR count). The predicted octanol–water partition coefficient (Wildman–Crippen LogP) is 11.8. The molecule has 3 nitrogen and oxygen atoms in total. The molecule has 0 aliphatic heterocycles. The van der Waals surface area contributed by atoms with Crippen molar-refractivity contribution in [3.63, 3.8) is 0 Å². The SMILES string of the molecule is Cc1cc(C)c(-c2nc3c4ccccc4c4ccccc4c3nc2-c2cccc(-c3cccc4c3oc3ccccc34)c2)c(C)c1. The van der Waals surface area contributed by atoms with E-state index in [4.69, 9.17) is 14.4 Å². The molecule has 0 amide bonds. The van der Waals surface area contributed by atoms with Crippen LogP contribution >= 0.6 is 0 Å². The highest BCUT2D eigenvalue weighted by Crippen LogP contribution is 2.42. The topological polar surface area (TPSA) is 38.9 Å². The Balaban J connectivity index is 1.37. The van der Waals surface area contributed by atoms with Gasteiger partial charge in [-0.15, -0.1) is 0 Å². The maximum Gasteiger partial charge on any atom is 0.143 e. The molecule has 2 heterocycles. The van der Waals surface area contributed by atoms with Gasteiger partial charge in [0.2, 0.25) is 0 Å². The summed E-state index contributed by atoms with van der Waals surface area (Å²) in [5.74, 6) is 0. The summed E-state index contributed by atoms with van der Waals surface area (Å²) in [4.78, 5) is 11.1.